The number of anilines is 2. The number of amides is 2. The van der Waals surface area contributed by atoms with Gasteiger partial charge < -0.3 is 5.11 Å². The number of halogens is 1. The fraction of sp³-hybridized carbons (Fsp3) is 0.469. The maximum atomic E-state index is 14.0. The van der Waals surface area contributed by atoms with Gasteiger partial charge in [0.15, 0.2) is 11.3 Å². The average molecular weight is 591 g/mol. The molecule has 0 bridgehead atoms. The van der Waals surface area contributed by atoms with Gasteiger partial charge in [0.05, 0.1) is 18.0 Å². The summed E-state index contributed by atoms with van der Waals surface area (Å²) in [4.78, 5) is 50.4. The summed E-state index contributed by atoms with van der Waals surface area (Å²) in [7, 11) is 0. The molecule has 8 nitrogen and oxygen atoms in total. The number of carboxylic acids is 1. The summed E-state index contributed by atoms with van der Waals surface area (Å²) in [5.74, 6) is -1.19. The van der Waals surface area contributed by atoms with Gasteiger partial charge in [-0.25, -0.2) is 14.4 Å². The molecule has 3 aliphatic rings. The SMILES string of the molecule is O=C(O)C[C@@H]1C(=O)N(c2nc(-c3ccccc3-c3ccc(N4CC[C@@H](F)C4=O)nc3)cs2)CCCC[C@H]1C1CCCC1. The van der Waals surface area contributed by atoms with Gasteiger partial charge in [0.2, 0.25) is 5.91 Å². The van der Waals surface area contributed by atoms with Crippen LogP contribution < -0.4 is 9.80 Å². The average Bonchev–Trinajstić information content (AvgIpc) is 3.76. The highest BCUT2D eigenvalue weighted by molar-refractivity contribution is 7.14. The van der Waals surface area contributed by atoms with Crippen molar-refractivity contribution in [2.24, 2.45) is 17.8 Å². The van der Waals surface area contributed by atoms with Gasteiger partial charge >= 0.3 is 5.97 Å². The van der Waals surface area contributed by atoms with Crippen LogP contribution in [0.15, 0.2) is 48.0 Å². The largest absolute Gasteiger partial charge is 0.481 e. The number of hydrogen-bond donors (Lipinski definition) is 1. The minimum atomic E-state index is -1.47. The lowest BCUT2D eigenvalue weighted by molar-refractivity contribution is -0.142. The maximum absolute atomic E-state index is 14.0. The second-order valence-electron chi connectivity index (χ2n) is 11.6. The third-order valence-electron chi connectivity index (χ3n) is 9.07. The molecule has 0 unspecified atom stereocenters. The summed E-state index contributed by atoms with van der Waals surface area (Å²) in [5.41, 5.74) is 3.33. The Balaban J connectivity index is 1.27. The summed E-state index contributed by atoms with van der Waals surface area (Å²) >= 11 is 1.40. The number of pyridine rings is 1. The molecule has 42 heavy (non-hydrogen) atoms. The second kappa shape index (κ2) is 12.3. The van der Waals surface area contributed by atoms with Crippen molar-refractivity contribution in [1.82, 2.24) is 9.97 Å². The van der Waals surface area contributed by atoms with E-state index in [-0.39, 0.29) is 24.7 Å². The fourth-order valence-corrected chi connectivity index (χ4v) is 7.82. The lowest BCUT2D eigenvalue weighted by atomic mass is 9.74. The molecule has 6 rings (SSSR count). The number of nitrogens with zero attached hydrogens (tertiary/aromatic N) is 4. The van der Waals surface area contributed by atoms with E-state index in [1.807, 2.05) is 35.7 Å². The van der Waals surface area contributed by atoms with Gasteiger partial charge in [-0.05, 0) is 42.4 Å². The lowest BCUT2D eigenvalue weighted by Gasteiger charge is -2.35. The zero-order chi connectivity index (χ0) is 29.2. The Morgan fingerprint density at radius 3 is 2.38 bits per heavy atom. The number of hydrogen-bond acceptors (Lipinski definition) is 6. The third-order valence-corrected chi connectivity index (χ3v) is 9.93. The van der Waals surface area contributed by atoms with Crippen LogP contribution in [0.3, 0.4) is 0 Å². The number of rotatable bonds is 7. The molecule has 3 aromatic rings. The van der Waals surface area contributed by atoms with E-state index in [1.165, 1.54) is 16.2 Å². The van der Waals surface area contributed by atoms with Crippen LogP contribution in [-0.2, 0) is 14.4 Å². The summed E-state index contributed by atoms with van der Waals surface area (Å²) < 4.78 is 13.7. The number of thiazole rings is 1. The standard InChI is InChI=1S/C32H35FN4O4S/c33-26-14-16-36(31(26)41)28-13-12-21(18-34-28)23-9-3-4-11-24(23)27-19-42-32(35-27)37-15-6-5-10-22(20-7-1-2-8-20)25(30(37)40)17-29(38)39/h3-4,9,11-13,18-20,22,25-26H,1-2,5-8,10,14-17H2,(H,38,39)/t22-,25-,26+/m0/s1. The maximum Gasteiger partial charge on any atom is 0.304 e. The quantitative estimate of drug-likeness (QED) is 0.343. The van der Waals surface area contributed by atoms with Crippen LogP contribution in [0.1, 0.15) is 57.8 Å². The number of aromatic nitrogens is 2. The Bertz CT molecular complexity index is 1450. The normalized spacial score (nSPS) is 23.8. The number of carboxylic acid groups (broad SMARTS) is 1. The van der Waals surface area contributed by atoms with Crippen LogP contribution in [0.4, 0.5) is 15.3 Å². The molecule has 0 radical (unpaired) electrons. The van der Waals surface area contributed by atoms with Crippen LogP contribution in [-0.4, -0.2) is 52.1 Å². The molecule has 2 saturated heterocycles. The van der Waals surface area contributed by atoms with Crippen LogP contribution in [0.5, 0.6) is 0 Å². The molecule has 2 aromatic heterocycles. The van der Waals surface area contributed by atoms with Gasteiger partial charge in [-0.15, -0.1) is 11.3 Å². The highest BCUT2D eigenvalue weighted by Crippen LogP contribution is 2.42. The number of alkyl halides is 1. The van der Waals surface area contributed by atoms with E-state index >= 15 is 0 Å². The smallest absolute Gasteiger partial charge is 0.304 e. The van der Waals surface area contributed by atoms with Gasteiger partial charge in [0.1, 0.15) is 5.82 Å². The molecular weight excluding hydrogens is 555 g/mol. The lowest BCUT2D eigenvalue weighted by Crippen LogP contribution is -2.44. The molecule has 1 aliphatic carbocycles. The van der Waals surface area contributed by atoms with Crippen molar-refractivity contribution in [3.8, 4) is 22.4 Å². The van der Waals surface area contributed by atoms with Crippen molar-refractivity contribution in [2.75, 3.05) is 22.9 Å². The van der Waals surface area contributed by atoms with Crippen LogP contribution in [0, 0.1) is 17.8 Å². The molecule has 2 aliphatic heterocycles. The zero-order valence-electron chi connectivity index (χ0n) is 23.5. The van der Waals surface area contributed by atoms with Crippen molar-refractivity contribution < 1.29 is 23.9 Å². The van der Waals surface area contributed by atoms with Gasteiger partial charge in [-0.1, -0.05) is 56.4 Å². The fourth-order valence-electron chi connectivity index (χ4n) is 6.96. The number of aliphatic carboxylic acids is 1. The predicted molar refractivity (Wildman–Crippen MR) is 160 cm³/mol. The molecule has 4 heterocycles. The van der Waals surface area contributed by atoms with E-state index in [0.29, 0.717) is 30.0 Å². The third kappa shape index (κ3) is 5.69. The van der Waals surface area contributed by atoms with Gasteiger partial charge in [0.25, 0.3) is 5.91 Å². The number of benzene rings is 1. The summed E-state index contributed by atoms with van der Waals surface area (Å²) in [5, 5.41) is 12.3. The second-order valence-corrected chi connectivity index (χ2v) is 12.4. The van der Waals surface area contributed by atoms with Crippen LogP contribution in [0.25, 0.3) is 22.4 Å². The van der Waals surface area contributed by atoms with Gasteiger partial charge in [-0.3, -0.25) is 24.2 Å². The van der Waals surface area contributed by atoms with Crippen molar-refractivity contribution in [1.29, 1.82) is 0 Å². The molecule has 3 fully saturated rings. The van der Waals surface area contributed by atoms with E-state index in [4.69, 9.17) is 4.98 Å². The highest BCUT2D eigenvalue weighted by Gasteiger charge is 2.40. The monoisotopic (exact) mass is 590 g/mol. The van der Waals surface area contributed by atoms with E-state index in [1.54, 1.807) is 17.2 Å². The summed E-state index contributed by atoms with van der Waals surface area (Å²) in [6.45, 7) is 0.843. The molecule has 1 N–H and O–H groups in total. The highest BCUT2D eigenvalue weighted by atomic mass is 32.1. The van der Waals surface area contributed by atoms with Crippen molar-refractivity contribution in [3.05, 3.63) is 48.0 Å². The van der Waals surface area contributed by atoms with E-state index < -0.39 is 24.0 Å². The molecule has 10 heteroatoms. The van der Waals surface area contributed by atoms with Crippen molar-refractivity contribution >= 4 is 40.1 Å². The minimum absolute atomic E-state index is 0.0983. The Labute approximate surface area is 248 Å². The van der Waals surface area contributed by atoms with Crippen LogP contribution in [0.2, 0.25) is 0 Å². The first-order valence-electron chi connectivity index (χ1n) is 14.9. The summed E-state index contributed by atoms with van der Waals surface area (Å²) in [6.07, 6.45) is 7.44. The molecule has 3 atom stereocenters. The van der Waals surface area contributed by atoms with Crippen LogP contribution >= 0.6 is 11.3 Å². The molecule has 1 saturated carbocycles. The zero-order valence-corrected chi connectivity index (χ0v) is 24.3. The van der Waals surface area contributed by atoms with E-state index in [0.717, 1.165) is 67.3 Å². The Morgan fingerprint density at radius 2 is 1.69 bits per heavy atom. The van der Waals surface area contributed by atoms with Gasteiger partial charge in [0, 0.05) is 42.2 Å². The molecule has 2 amide bonds. The van der Waals surface area contributed by atoms with E-state index in [9.17, 15) is 23.9 Å². The Hall–Kier alpha value is -3.66. The first-order valence-corrected chi connectivity index (χ1v) is 15.8. The first kappa shape index (κ1) is 28.5. The Morgan fingerprint density at radius 1 is 0.929 bits per heavy atom. The number of carbonyl (C=O) groups excluding carboxylic acids is 2. The molecule has 1 aromatic carbocycles. The minimum Gasteiger partial charge on any atom is -0.481 e. The molecule has 220 valence electrons. The van der Waals surface area contributed by atoms with Crippen molar-refractivity contribution in [2.45, 2.75) is 64.0 Å². The predicted octanol–water partition coefficient (Wildman–Crippen LogP) is 6.36. The molecular formula is C32H35FN4O4S. The summed E-state index contributed by atoms with van der Waals surface area (Å²) in [6, 6.07) is 11.4. The number of carbonyl (C=O) groups is 3. The topological polar surface area (TPSA) is 104 Å². The van der Waals surface area contributed by atoms with E-state index in [2.05, 4.69) is 4.98 Å². The van der Waals surface area contributed by atoms with Crippen molar-refractivity contribution in [3.63, 3.8) is 0 Å². The van der Waals surface area contributed by atoms with Gasteiger partial charge in [-0.2, -0.15) is 0 Å². The first-order chi connectivity index (χ1) is 20.4. The molecule has 0 spiro atoms. The Kier molecular flexibility index (Phi) is 8.33.